The average molecular weight is 296 g/mol. The van der Waals surface area contributed by atoms with Crippen LogP contribution in [-0.4, -0.2) is 34.0 Å². The first-order valence-electron chi connectivity index (χ1n) is 6.83. The van der Waals surface area contributed by atoms with Crippen LogP contribution in [0.1, 0.15) is 43.2 Å². The molecule has 3 N–H and O–H groups in total. The van der Waals surface area contributed by atoms with Crippen molar-refractivity contribution >= 4 is 23.2 Å². The first-order chi connectivity index (χ1) is 9.44. The zero-order chi connectivity index (χ0) is 14.9. The van der Waals surface area contributed by atoms with Crippen molar-refractivity contribution in [1.29, 1.82) is 0 Å². The van der Waals surface area contributed by atoms with Crippen molar-refractivity contribution in [2.24, 2.45) is 5.73 Å². The molecule has 1 atom stereocenters. The van der Waals surface area contributed by atoms with Gasteiger partial charge >= 0.3 is 5.97 Å². The lowest BCUT2D eigenvalue weighted by Crippen LogP contribution is -2.57. The zero-order valence-corrected chi connectivity index (χ0v) is 12.6. The SMILES string of the molecule is CCC(N)(CC)C(=O)N1CCc2sccc2C1C(=O)O. The molecule has 0 spiro atoms. The number of carbonyl (C=O) groups is 2. The second-order valence-electron chi connectivity index (χ2n) is 5.15. The number of carboxylic acids is 1. The lowest BCUT2D eigenvalue weighted by molar-refractivity contribution is -0.153. The number of thiophene rings is 1. The monoisotopic (exact) mass is 296 g/mol. The molecule has 1 aromatic heterocycles. The molecule has 110 valence electrons. The molecule has 0 saturated heterocycles. The van der Waals surface area contributed by atoms with E-state index < -0.39 is 17.6 Å². The van der Waals surface area contributed by atoms with E-state index in [1.54, 1.807) is 17.4 Å². The van der Waals surface area contributed by atoms with Crippen molar-refractivity contribution in [2.75, 3.05) is 6.54 Å². The summed E-state index contributed by atoms with van der Waals surface area (Å²) in [4.78, 5) is 26.8. The number of fused-ring (bicyclic) bond motifs is 1. The molecule has 0 radical (unpaired) electrons. The van der Waals surface area contributed by atoms with Gasteiger partial charge in [0.2, 0.25) is 5.91 Å². The molecule has 1 aromatic rings. The van der Waals surface area contributed by atoms with E-state index in [0.717, 1.165) is 10.4 Å². The average Bonchev–Trinajstić information content (AvgIpc) is 2.92. The van der Waals surface area contributed by atoms with Gasteiger partial charge in [0.1, 0.15) is 0 Å². The van der Waals surface area contributed by atoms with E-state index in [0.29, 0.717) is 25.8 Å². The molecule has 0 bridgehead atoms. The number of amides is 1. The predicted octanol–water partition coefficient (Wildman–Crippen LogP) is 1.78. The van der Waals surface area contributed by atoms with E-state index in [-0.39, 0.29) is 5.91 Å². The van der Waals surface area contributed by atoms with Crippen molar-refractivity contribution in [1.82, 2.24) is 4.90 Å². The smallest absolute Gasteiger partial charge is 0.331 e. The van der Waals surface area contributed by atoms with Gasteiger partial charge in [0, 0.05) is 11.4 Å². The van der Waals surface area contributed by atoms with Gasteiger partial charge in [-0.3, -0.25) is 4.79 Å². The third-order valence-corrected chi connectivity index (χ3v) is 5.14. The van der Waals surface area contributed by atoms with Crippen LogP contribution in [0.4, 0.5) is 0 Å². The fraction of sp³-hybridized carbons (Fsp3) is 0.571. The summed E-state index contributed by atoms with van der Waals surface area (Å²) in [6.07, 6.45) is 1.70. The van der Waals surface area contributed by atoms with Gasteiger partial charge < -0.3 is 15.7 Å². The number of aliphatic carboxylic acids is 1. The fourth-order valence-corrected chi connectivity index (χ4v) is 3.54. The Morgan fingerprint density at radius 3 is 2.70 bits per heavy atom. The van der Waals surface area contributed by atoms with Gasteiger partial charge in [-0.2, -0.15) is 0 Å². The van der Waals surface area contributed by atoms with Crippen LogP contribution in [0.15, 0.2) is 11.4 Å². The van der Waals surface area contributed by atoms with E-state index in [1.807, 2.05) is 19.2 Å². The normalized spacial score (nSPS) is 18.8. The number of hydrogen-bond acceptors (Lipinski definition) is 4. The molecule has 0 saturated carbocycles. The third-order valence-electron chi connectivity index (χ3n) is 4.15. The molecule has 5 nitrogen and oxygen atoms in total. The van der Waals surface area contributed by atoms with E-state index in [4.69, 9.17) is 5.73 Å². The van der Waals surface area contributed by atoms with Crippen LogP contribution in [-0.2, 0) is 16.0 Å². The maximum absolute atomic E-state index is 12.7. The Bertz CT molecular complexity index is 522. The summed E-state index contributed by atoms with van der Waals surface area (Å²) in [7, 11) is 0. The van der Waals surface area contributed by atoms with Crippen molar-refractivity contribution in [3.8, 4) is 0 Å². The second-order valence-corrected chi connectivity index (χ2v) is 6.15. The van der Waals surface area contributed by atoms with E-state index in [9.17, 15) is 14.7 Å². The van der Waals surface area contributed by atoms with Crippen molar-refractivity contribution < 1.29 is 14.7 Å². The number of nitrogens with zero attached hydrogens (tertiary/aromatic N) is 1. The molecule has 20 heavy (non-hydrogen) atoms. The van der Waals surface area contributed by atoms with Crippen LogP contribution >= 0.6 is 11.3 Å². The summed E-state index contributed by atoms with van der Waals surface area (Å²) < 4.78 is 0. The van der Waals surface area contributed by atoms with Gasteiger partial charge in [0.15, 0.2) is 6.04 Å². The van der Waals surface area contributed by atoms with Crippen LogP contribution in [0.2, 0.25) is 0 Å². The minimum Gasteiger partial charge on any atom is -0.479 e. The molecule has 2 heterocycles. The summed E-state index contributed by atoms with van der Waals surface area (Å²) in [6, 6.07) is 0.896. The molecule has 1 aliphatic rings. The Morgan fingerprint density at radius 2 is 2.15 bits per heavy atom. The van der Waals surface area contributed by atoms with Crippen LogP contribution < -0.4 is 5.73 Å². The van der Waals surface area contributed by atoms with E-state index in [1.165, 1.54) is 4.90 Å². The molecule has 6 heteroatoms. The molecule has 0 aliphatic carbocycles. The van der Waals surface area contributed by atoms with Crippen LogP contribution in [0.5, 0.6) is 0 Å². The molecule has 1 unspecified atom stereocenters. The number of rotatable bonds is 4. The maximum atomic E-state index is 12.7. The number of nitrogens with two attached hydrogens (primary N) is 1. The Labute approximate surface area is 122 Å². The van der Waals surface area contributed by atoms with Gasteiger partial charge in [-0.1, -0.05) is 13.8 Å². The maximum Gasteiger partial charge on any atom is 0.331 e. The molecule has 1 amide bonds. The quantitative estimate of drug-likeness (QED) is 0.887. The highest BCUT2D eigenvalue weighted by molar-refractivity contribution is 7.10. The summed E-state index contributed by atoms with van der Waals surface area (Å²) in [5, 5.41) is 11.4. The lowest BCUT2D eigenvalue weighted by atomic mass is 9.89. The van der Waals surface area contributed by atoms with Gasteiger partial charge in [-0.25, -0.2) is 4.79 Å². The van der Waals surface area contributed by atoms with Gasteiger partial charge in [-0.15, -0.1) is 11.3 Å². The summed E-state index contributed by atoms with van der Waals surface area (Å²) in [5.41, 5.74) is 5.91. The second kappa shape index (κ2) is 5.54. The fourth-order valence-electron chi connectivity index (χ4n) is 2.64. The highest BCUT2D eigenvalue weighted by Crippen LogP contribution is 2.35. The molecule has 1 aliphatic heterocycles. The molecular formula is C14H20N2O3S. The number of hydrogen-bond donors (Lipinski definition) is 2. The van der Waals surface area contributed by atoms with Crippen molar-refractivity contribution in [3.63, 3.8) is 0 Å². The minimum absolute atomic E-state index is 0.258. The molecule has 0 aromatic carbocycles. The first kappa shape index (κ1) is 15.0. The van der Waals surface area contributed by atoms with Crippen LogP contribution in [0.25, 0.3) is 0 Å². The molecule has 0 fully saturated rings. The van der Waals surface area contributed by atoms with Crippen molar-refractivity contribution in [3.05, 3.63) is 21.9 Å². The highest BCUT2D eigenvalue weighted by atomic mass is 32.1. The molecular weight excluding hydrogens is 276 g/mol. The summed E-state index contributed by atoms with van der Waals surface area (Å²) in [5.74, 6) is -1.25. The number of carboxylic acid groups (broad SMARTS) is 1. The summed E-state index contributed by atoms with van der Waals surface area (Å²) in [6.45, 7) is 4.14. The largest absolute Gasteiger partial charge is 0.479 e. The summed E-state index contributed by atoms with van der Waals surface area (Å²) >= 11 is 1.55. The van der Waals surface area contributed by atoms with Gasteiger partial charge in [-0.05, 0) is 36.3 Å². The predicted molar refractivity (Wildman–Crippen MR) is 77.6 cm³/mol. The minimum atomic E-state index is -0.993. The Morgan fingerprint density at radius 1 is 1.50 bits per heavy atom. The van der Waals surface area contributed by atoms with Gasteiger partial charge in [0.25, 0.3) is 0 Å². The highest BCUT2D eigenvalue weighted by Gasteiger charge is 2.42. The first-order valence-corrected chi connectivity index (χ1v) is 7.71. The van der Waals surface area contributed by atoms with Gasteiger partial charge in [0.05, 0.1) is 5.54 Å². The van der Waals surface area contributed by atoms with Crippen LogP contribution in [0.3, 0.4) is 0 Å². The van der Waals surface area contributed by atoms with E-state index in [2.05, 4.69) is 0 Å². The zero-order valence-electron chi connectivity index (χ0n) is 11.8. The Balaban J connectivity index is 2.37. The standard InChI is InChI=1S/C14H20N2O3S/c1-3-14(15,4-2)13(19)16-7-5-10-9(6-8-20-10)11(16)12(17)18/h6,8,11H,3-5,7,15H2,1-2H3,(H,17,18). The Hall–Kier alpha value is -1.40. The van der Waals surface area contributed by atoms with E-state index >= 15 is 0 Å². The van der Waals surface area contributed by atoms with Crippen LogP contribution in [0, 0.1) is 0 Å². The lowest BCUT2D eigenvalue weighted by Gasteiger charge is -2.39. The molecule has 2 rings (SSSR count). The topological polar surface area (TPSA) is 83.6 Å². The number of carbonyl (C=O) groups excluding carboxylic acids is 1. The third kappa shape index (κ3) is 2.33. The Kier molecular flexibility index (Phi) is 4.15. The van der Waals surface area contributed by atoms with Crippen molar-refractivity contribution in [2.45, 2.75) is 44.7 Å².